The van der Waals surface area contributed by atoms with Crippen LogP contribution in [0.15, 0.2) is 30.3 Å². The summed E-state index contributed by atoms with van der Waals surface area (Å²) in [5.74, 6) is 0. The molecule has 20 heavy (non-hydrogen) atoms. The van der Waals surface area contributed by atoms with Gasteiger partial charge in [-0.3, -0.25) is 4.40 Å². The van der Waals surface area contributed by atoms with Crippen molar-refractivity contribution in [2.45, 2.75) is 25.7 Å². The standard InChI is InChI=1S/C16H17N3S/c17-10-9-13-15(11-5-2-1-3-6-11)18-16-19(13)12-7-4-8-14(12)20-16/h1-3,5-6H,4,7-10,17H2. The normalized spacial score (nSPS) is 14.1. The predicted octanol–water partition coefficient (Wildman–Crippen LogP) is 3.05. The van der Waals surface area contributed by atoms with Gasteiger partial charge in [-0.1, -0.05) is 30.3 Å². The quantitative estimate of drug-likeness (QED) is 0.803. The van der Waals surface area contributed by atoms with E-state index in [0.29, 0.717) is 6.54 Å². The summed E-state index contributed by atoms with van der Waals surface area (Å²) in [6.45, 7) is 0.665. The molecule has 0 saturated heterocycles. The van der Waals surface area contributed by atoms with E-state index < -0.39 is 0 Å². The minimum Gasteiger partial charge on any atom is -0.330 e. The highest BCUT2D eigenvalue weighted by molar-refractivity contribution is 7.17. The Balaban J connectivity index is 1.97. The number of nitrogens with two attached hydrogens (primary N) is 1. The van der Waals surface area contributed by atoms with E-state index in [1.807, 2.05) is 17.4 Å². The van der Waals surface area contributed by atoms with Gasteiger partial charge in [-0.25, -0.2) is 4.98 Å². The lowest BCUT2D eigenvalue weighted by atomic mass is 10.1. The number of nitrogens with zero attached hydrogens (tertiary/aromatic N) is 2. The van der Waals surface area contributed by atoms with E-state index >= 15 is 0 Å². The van der Waals surface area contributed by atoms with Crippen molar-refractivity contribution in [3.05, 3.63) is 46.6 Å². The van der Waals surface area contributed by atoms with Gasteiger partial charge in [-0.05, 0) is 25.8 Å². The molecule has 0 fully saturated rings. The molecule has 0 saturated carbocycles. The van der Waals surface area contributed by atoms with Crippen LogP contribution in [0.2, 0.25) is 0 Å². The summed E-state index contributed by atoms with van der Waals surface area (Å²) in [5, 5.41) is 0. The summed E-state index contributed by atoms with van der Waals surface area (Å²) < 4.78 is 2.38. The fourth-order valence-corrected chi connectivity index (χ4v) is 4.36. The number of fused-ring (bicyclic) bond motifs is 3. The molecular formula is C16H17N3S. The number of rotatable bonds is 3. The molecule has 0 bridgehead atoms. The van der Waals surface area contributed by atoms with Gasteiger partial charge in [0.05, 0.1) is 11.4 Å². The minimum absolute atomic E-state index is 0.665. The molecule has 1 aromatic carbocycles. The SMILES string of the molecule is NCCc1c(-c2ccccc2)nc2sc3c(n12)CCC3. The third-order valence-electron chi connectivity index (χ3n) is 3.99. The number of hydrogen-bond donors (Lipinski definition) is 1. The van der Waals surface area contributed by atoms with Crippen LogP contribution in [0.5, 0.6) is 0 Å². The van der Waals surface area contributed by atoms with E-state index in [9.17, 15) is 0 Å². The van der Waals surface area contributed by atoms with Crippen LogP contribution in [0.25, 0.3) is 16.2 Å². The first-order chi connectivity index (χ1) is 9.88. The fourth-order valence-electron chi connectivity index (χ4n) is 3.13. The van der Waals surface area contributed by atoms with Gasteiger partial charge in [-0.2, -0.15) is 0 Å². The van der Waals surface area contributed by atoms with Crippen molar-refractivity contribution < 1.29 is 0 Å². The Morgan fingerprint density at radius 2 is 2.05 bits per heavy atom. The smallest absolute Gasteiger partial charge is 0.194 e. The molecule has 3 aromatic rings. The molecule has 4 rings (SSSR count). The second-order valence-corrected chi connectivity index (χ2v) is 6.32. The highest BCUT2D eigenvalue weighted by atomic mass is 32.1. The van der Waals surface area contributed by atoms with Crippen molar-refractivity contribution in [2.24, 2.45) is 5.73 Å². The Morgan fingerprint density at radius 1 is 1.20 bits per heavy atom. The molecule has 0 spiro atoms. The Labute approximate surface area is 122 Å². The molecule has 1 aliphatic rings. The lowest BCUT2D eigenvalue weighted by molar-refractivity contribution is 0.853. The molecule has 2 heterocycles. The van der Waals surface area contributed by atoms with Crippen LogP contribution >= 0.6 is 11.3 Å². The summed E-state index contributed by atoms with van der Waals surface area (Å²) in [6, 6.07) is 10.4. The van der Waals surface area contributed by atoms with Crippen LogP contribution in [0, 0.1) is 0 Å². The Bertz CT molecular complexity index is 755. The van der Waals surface area contributed by atoms with Crippen molar-refractivity contribution in [1.82, 2.24) is 9.38 Å². The van der Waals surface area contributed by atoms with Gasteiger partial charge < -0.3 is 5.73 Å². The molecule has 3 nitrogen and oxygen atoms in total. The number of hydrogen-bond acceptors (Lipinski definition) is 3. The van der Waals surface area contributed by atoms with Gasteiger partial charge in [0.25, 0.3) is 0 Å². The van der Waals surface area contributed by atoms with Crippen LogP contribution in [0.4, 0.5) is 0 Å². The topological polar surface area (TPSA) is 43.3 Å². The van der Waals surface area contributed by atoms with Crippen molar-refractivity contribution >= 4 is 16.3 Å². The van der Waals surface area contributed by atoms with Crippen LogP contribution in [-0.2, 0) is 19.3 Å². The lowest BCUT2D eigenvalue weighted by Crippen LogP contribution is -2.07. The summed E-state index contributed by atoms with van der Waals surface area (Å²) >= 11 is 1.85. The molecule has 0 atom stereocenters. The number of aryl methyl sites for hydroxylation is 2. The first-order valence-corrected chi connectivity index (χ1v) is 7.97. The molecule has 0 amide bonds. The Hall–Kier alpha value is -1.65. The highest BCUT2D eigenvalue weighted by Crippen LogP contribution is 2.35. The van der Waals surface area contributed by atoms with Crippen LogP contribution in [-0.4, -0.2) is 15.9 Å². The summed E-state index contributed by atoms with van der Waals surface area (Å²) in [6.07, 6.45) is 4.55. The molecule has 0 radical (unpaired) electrons. The van der Waals surface area contributed by atoms with E-state index in [-0.39, 0.29) is 0 Å². The lowest BCUT2D eigenvalue weighted by Gasteiger charge is -2.05. The van der Waals surface area contributed by atoms with Gasteiger partial charge in [-0.15, -0.1) is 11.3 Å². The molecule has 2 aromatic heterocycles. The van der Waals surface area contributed by atoms with Gasteiger partial charge in [0.1, 0.15) is 0 Å². The van der Waals surface area contributed by atoms with Crippen molar-refractivity contribution in [1.29, 1.82) is 0 Å². The van der Waals surface area contributed by atoms with E-state index in [1.165, 1.54) is 41.1 Å². The monoisotopic (exact) mass is 283 g/mol. The maximum Gasteiger partial charge on any atom is 0.194 e. The minimum atomic E-state index is 0.665. The van der Waals surface area contributed by atoms with E-state index in [1.54, 1.807) is 0 Å². The average molecular weight is 283 g/mol. The summed E-state index contributed by atoms with van der Waals surface area (Å²) in [5.41, 5.74) is 10.9. The van der Waals surface area contributed by atoms with E-state index in [2.05, 4.69) is 28.7 Å². The second kappa shape index (κ2) is 4.72. The average Bonchev–Trinajstić information content (AvgIpc) is 3.12. The fraction of sp³-hybridized carbons (Fsp3) is 0.312. The zero-order valence-corrected chi connectivity index (χ0v) is 12.1. The van der Waals surface area contributed by atoms with Crippen molar-refractivity contribution in [3.8, 4) is 11.3 Å². The molecular weight excluding hydrogens is 266 g/mol. The summed E-state index contributed by atoms with van der Waals surface area (Å²) in [7, 11) is 0. The first-order valence-electron chi connectivity index (χ1n) is 7.16. The van der Waals surface area contributed by atoms with E-state index in [4.69, 9.17) is 10.7 Å². The molecule has 1 aliphatic carbocycles. The Kier molecular flexibility index (Phi) is 2.86. The van der Waals surface area contributed by atoms with Gasteiger partial charge in [0.15, 0.2) is 4.96 Å². The summed E-state index contributed by atoms with van der Waals surface area (Å²) in [4.78, 5) is 7.55. The second-order valence-electron chi connectivity index (χ2n) is 5.26. The number of thiazole rings is 1. The molecule has 0 unspecified atom stereocenters. The molecule has 2 N–H and O–H groups in total. The molecule has 4 heteroatoms. The number of imidazole rings is 1. The third kappa shape index (κ3) is 1.72. The van der Waals surface area contributed by atoms with Gasteiger partial charge >= 0.3 is 0 Å². The zero-order chi connectivity index (χ0) is 13.5. The Morgan fingerprint density at radius 3 is 2.85 bits per heavy atom. The predicted molar refractivity (Wildman–Crippen MR) is 83.3 cm³/mol. The third-order valence-corrected chi connectivity index (χ3v) is 5.14. The van der Waals surface area contributed by atoms with Gasteiger partial charge in [0.2, 0.25) is 0 Å². The molecule has 0 aliphatic heterocycles. The first kappa shape index (κ1) is 12.1. The van der Waals surface area contributed by atoms with Crippen LogP contribution < -0.4 is 5.73 Å². The maximum atomic E-state index is 5.83. The number of aromatic nitrogens is 2. The van der Waals surface area contributed by atoms with Crippen molar-refractivity contribution in [3.63, 3.8) is 0 Å². The largest absolute Gasteiger partial charge is 0.330 e. The number of benzene rings is 1. The van der Waals surface area contributed by atoms with Crippen molar-refractivity contribution in [2.75, 3.05) is 6.54 Å². The van der Waals surface area contributed by atoms with Gasteiger partial charge in [0, 0.05) is 22.6 Å². The maximum absolute atomic E-state index is 5.83. The van der Waals surface area contributed by atoms with Crippen LogP contribution in [0.1, 0.15) is 22.7 Å². The zero-order valence-electron chi connectivity index (χ0n) is 11.3. The van der Waals surface area contributed by atoms with E-state index in [0.717, 1.165) is 17.1 Å². The van der Waals surface area contributed by atoms with Crippen LogP contribution in [0.3, 0.4) is 0 Å². The highest BCUT2D eigenvalue weighted by Gasteiger charge is 2.23. The molecule has 102 valence electrons.